The van der Waals surface area contributed by atoms with Crippen LogP contribution in [0.5, 0.6) is 0 Å². The number of furan rings is 1. The molecular weight excluding hydrogens is 282 g/mol. The molecule has 0 radical (unpaired) electrons. The first-order valence-electron chi connectivity index (χ1n) is 4.43. The van der Waals surface area contributed by atoms with Crippen LogP contribution in [0, 0.1) is 0 Å². The Morgan fingerprint density at radius 1 is 1.56 bits per heavy atom. The van der Waals surface area contributed by atoms with E-state index < -0.39 is 17.9 Å². The highest BCUT2D eigenvalue weighted by molar-refractivity contribution is 9.10. The van der Waals surface area contributed by atoms with Crippen molar-refractivity contribution in [2.45, 2.75) is 12.5 Å². The summed E-state index contributed by atoms with van der Waals surface area (Å²) < 4.78 is 5.08. The molecule has 1 rings (SSSR count). The first-order valence-corrected chi connectivity index (χ1v) is 5.23. The van der Waals surface area contributed by atoms with Crippen molar-refractivity contribution in [3.8, 4) is 0 Å². The number of carboxylic acids is 1. The van der Waals surface area contributed by atoms with Gasteiger partial charge in [0.25, 0.3) is 5.91 Å². The van der Waals surface area contributed by atoms with Crippen LogP contribution in [0.3, 0.4) is 0 Å². The SMILES string of the molecule is O=C(NC(CCO)C(=O)O)c1ccoc1Br. The second-order valence-electron chi connectivity index (χ2n) is 2.98. The molecule has 1 heterocycles. The Morgan fingerprint density at radius 3 is 2.69 bits per heavy atom. The monoisotopic (exact) mass is 291 g/mol. The fourth-order valence-corrected chi connectivity index (χ4v) is 1.50. The van der Waals surface area contributed by atoms with Crippen molar-refractivity contribution in [3.63, 3.8) is 0 Å². The molecule has 0 aliphatic carbocycles. The van der Waals surface area contributed by atoms with E-state index in [9.17, 15) is 9.59 Å². The summed E-state index contributed by atoms with van der Waals surface area (Å²) in [5.41, 5.74) is 0.212. The van der Waals surface area contributed by atoms with Gasteiger partial charge in [-0.3, -0.25) is 4.79 Å². The number of halogens is 1. The Morgan fingerprint density at radius 2 is 2.25 bits per heavy atom. The normalized spacial score (nSPS) is 12.1. The second-order valence-corrected chi connectivity index (χ2v) is 3.70. The minimum Gasteiger partial charge on any atom is -0.480 e. The molecule has 0 aliphatic rings. The molecular formula is C9H10BrNO5. The van der Waals surface area contributed by atoms with Gasteiger partial charge in [-0.1, -0.05) is 0 Å². The highest BCUT2D eigenvalue weighted by Gasteiger charge is 2.21. The van der Waals surface area contributed by atoms with Crippen LogP contribution >= 0.6 is 15.9 Å². The second kappa shape index (κ2) is 5.66. The van der Waals surface area contributed by atoms with Crippen molar-refractivity contribution in [3.05, 3.63) is 22.6 Å². The van der Waals surface area contributed by atoms with Gasteiger partial charge in [-0.2, -0.15) is 0 Å². The summed E-state index contributed by atoms with van der Waals surface area (Å²) >= 11 is 3.01. The number of aliphatic hydroxyl groups excluding tert-OH is 1. The first-order chi connectivity index (χ1) is 7.56. The average molecular weight is 292 g/mol. The Labute approximate surface area is 99.4 Å². The molecule has 16 heavy (non-hydrogen) atoms. The number of carbonyl (C=O) groups is 2. The van der Waals surface area contributed by atoms with E-state index in [1.165, 1.54) is 12.3 Å². The molecule has 0 fully saturated rings. The minimum atomic E-state index is -1.19. The van der Waals surface area contributed by atoms with Gasteiger partial charge in [0, 0.05) is 13.0 Å². The van der Waals surface area contributed by atoms with E-state index in [0.29, 0.717) is 0 Å². The number of carbonyl (C=O) groups excluding carboxylic acids is 1. The Bertz CT molecular complexity index is 389. The van der Waals surface area contributed by atoms with Crippen LogP contribution in [-0.2, 0) is 4.79 Å². The first kappa shape index (κ1) is 12.7. The van der Waals surface area contributed by atoms with Crippen molar-refractivity contribution >= 4 is 27.8 Å². The molecule has 0 saturated heterocycles. The van der Waals surface area contributed by atoms with Gasteiger partial charge in [0.15, 0.2) is 4.67 Å². The maximum Gasteiger partial charge on any atom is 0.326 e. The van der Waals surface area contributed by atoms with Crippen LogP contribution in [-0.4, -0.2) is 34.7 Å². The van der Waals surface area contributed by atoms with Crippen molar-refractivity contribution in [2.75, 3.05) is 6.61 Å². The van der Waals surface area contributed by atoms with Crippen molar-refractivity contribution in [2.24, 2.45) is 0 Å². The van der Waals surface area contributed by atoms with Gasteiger partial charge in [-0.25, -0.2) is 4.79 Å². The lowest BCUT2D eigenvalue weighted by Crippen LogP contribution is -2.41. The van der Waals surface area contributed by atoms with E-state index in [4.69, 9.17) is 14.6 Å². The van der Waals surface area contributed by atoms with Crippen LogP contribution in [0.4, 0.5) is 0 Å². The fourth-order valence-electron chi connectivity index (χ4n) is 1.08. The van der Waals surface area contributed by atoms with Gasteiger partial charge in [0.2, 0.25) is 0 Å². The molecule has 1 aromatic rings. The van der Waals surface area contributed by atoms with Crippen LogP contribution in [0.25, 0.3) is 0 Å². The average Bonchev–Trinajstić information content (AvgIpc) is 2.63. The number of hydrogen-bond acceptors (Lipinski definition) is 4. The lowest BCUT2D eigenvalue weighted by atomic mass is 10.2. The standard InChI is InChI=1S/C9H10BrNO5/c10-7-5(2-4-16-7)8(13)11-6(1-3-12)9(14)15/h2,4,6,12H,1,3H2,(H,11,13)(H,14,15). The van der Waals surface area contributed by atoms with E-state index in [2.05, 4.69) is 21.2 Å². The predicted octanol–water partition coefficient (Wildman–Crippen LogP) is 0.607. The van der Waals surface area contributed by atoms with Crippen molar-refractivity contribution < 1.29 is 24.2 Å². The van der Waals surface area contributed by atoms with Crippen LogP contribution in [0.2, 0.25) is 0 Å². The molecule has 1 atom stereocenters. The van der Waals surface area contributed by atoms with Gasteiger partial charge in [-0.15, -0.1) is 0 Å². The zero-order chi connectivity index (χ0) is 12.1. The number of aliphatic carboxylic acids is 1. The molecule has 0 aliphatic heterocycles. The summed E-state index contributed by atoms with van der Waals surface area (Å²) in [6.45, 7) is -0.316. The molecule has 0 aromatic carbocycles. The van der Waals surface area contributed by atoms with Crippen molar-refractivity contribution in [1.29, 1.82) is 0 Å². The Balaban J connectivity index is 2.69. The van der Waals surface area contributed by atoms with Crippen LogP contribution in [0.15, 0.2) is 21.4 Å². The van der Waals surface area contributed by atoms with Gasteiger partial charge >= 0.3 is 5.97 Å². The third kappa shape index (κ3) is 3.07. The number of amides is 1. The van der Waals surface area contributed by atoms with Gasteiger partial charge in [0.1, 0.15) is 6.04 Å². The van der Waals surface area contributed by atoms with Crippen LogP contribution in [0.1, 0.15) is 16.8 Å². The smallest absolute Gasteiger partial charge is 0.326 e. The summed E-state index contributed by atoms with van der Waals surface area (Å²) in [6.07, 6.45) is 1.26. The fraction of sp³-hybridized carbons (Fsp3) is 0.333. The van der Waals surface area contributed by atoms with E-state index in [1.54, 1.807) is 0 Å². The molecule has 88 valence electrons. The number of nitrogens with one attached hydrogen (secondary N) is 1. The third-order valence-corrected chi connectivity index (χ3v) is 2.50. The maximum absolute atomic E-state index is 11.6. The topological polar surface area (TPSA) is 99.8 Å². The molecule has 0 bridgehead atoms. The van der Waals surface area contributed by atoms with E-state index in [0.717, 1.165) is 0 Å². The Kier molecular flexibility index (Phi) is 4.51. The zero-order valence-electron chi connectivity index (χ0n) is 8.14. The lowest BCUT2D eigenvalue weighted by molar-refractivity contribution is -0.139. The molecule has 0 saturated carbocycles. The minimum absolute atomic E-state index is 0.0451. The van der Waals surface area contributed by atoms with Gasteiger partial charge < -0.3 is 19.9 Å². The Hall–Kier alpha value is -1.34. The van der Waals surface area contributed by atoms with Gasteiger partial charge in [-0.05, 0) is 22.0 Å². The summed E-state index contributed by atoms with van der Waals surface area (Å²) in [6, 6.07) is 0.302. The van der Waals surface area contributed by atoms with E-state index in [-0.39, 0.29) is 23.3 Å². The maximum atomic E-state index is 11.6. The summed E-state index contributed by atoms with van der Waals surface area (Å²) in [7, 11) is 0. The lowest BCUT2D eigenvalue weighted by Gasteiger charge is -2.12. The van der Waals surface area contributed by atoms with E-state index in [1.807, 2.05) is 0 Å². The number of hydrogen-bond donors (Lipinski definition) is 3. The molecule has 1 amide bonds. The molecule has 7 heteroatoms. The predicted molar refractivity (Wildman–Crippen MR) is 57.0 cm³/mol. The molecule has 3 N–H and O–H groups in total. The molecule has 0 spiro atoms. The van der Waals surface area contributed by atoms with Gasteiger partial charge in [0.05, 0.1) is 11.8 Å². The summed E-state index contributed by atoms with van der Waals surface area (Å²) in [4.78, 5) is 22.3. The number of carboxylic acid groups (broad SMARTS) is 1. The highest BCUT2D eigenvalue weighted by Crippen LogP contribution is 2.17. The molecule has 6 nitrogen and oxygen atoms in total. The van der Waals surface area contributed by atoms with Crippen molar-refractivity contribution in [1.82, 2.24) is 5.32 Å². The van der Waals surface area contributed by atoms with E-state index >= 15 is 0 Å². The zero-order valence-corrected chi connectivity index (χ0v) is 9.73. The summed E-state index contributed by atoms with van der Waals surface area (Å²) in [5, 5.41) is 19.7. The summed E-state index contributed by atoms with van der Waals surface area (Å²) in [5.74, 6) is -1.76. The molecule has 1 unspecified atom stereocenters. The quantitative estimate of drug-likeness (QED) is 0.738. The molecule has 1 aromatic heterocycles. The number of rotatable bonds is 5. The van der Waals surface area contributed by atoms with Crippen LogP contribution < -0.4 is 5.32 Å². The highest BCUT2D eigenvalue weighted by atomic mass is 79.9. The third-order valence-electron chi connectivity index (χ3n) is 1.88. The number of aliphatic hydroxyl groups is 1. The largest absolute Gasteiger partial charge is 0.480 e.